The average Bonchev–Trinajstić information content (AvgIpc) is 3.08. The van der Waals surface area contributed by atoms with Crippen LogP contribution in [0.2, 0.25) is 0 Å². The first-order valence-corrected chi connectivity index (χ1v) is 9.57. The highest BCUT2D eigenvalue weighted by Crippen LogP contribution is 2.32. The molecule has 0 saturated carbocycles. The molecule has 0 amide bonds. The van der Waals surface area contributed by atoms with Gasteiger partial charge in [-0.2, -0.15) is 5.10 Å². The molecule has 0 atom stereocenters. The van der Waals surface area contributed by atoms with E-state index >= 15 is 0 Å². The lowest BCUT2D eigenvalue weighted by Gasteiger charge is -2.18. The zero-order chi connectivity index (χ0) is 18.0. The largest absolute Gasteiger partial charge is 0.486 e. The third kappa shape index (κ3) is 3.50. The Morgan fingerprint density at radius 1 is 1.04 bits per heavy atom. The number of hydrogen-bond donors (Lipinski definition) is 1. The minimum absolute atomic E-state index is 0.109. The highest BCUT2D eigenvalue weighted by atomic mass is 32.2. The first kappa shape index (κ1) is 16.5. The first-order valence-electron chi connectivity index (χ1n) is 8.09. The van der Waals surface area contributed by atoms with Crippen LogP contribution in [0.15, 0.2) is 65.8 Å². The van der Waals surface area contributed by atoms with Gasteiger partial charge in [0.25, 0.3) is 10.0 Å². The molecule has 1 N–H and O–H groups in total. The van der Waals surface area contributed by atoms with Crippen molar-refractivity contribution < 1.29 is 17.9 Å². The Balaban J connectivity index is 1.51. The number of nitrogens with zero attached hydrogens (tertiary/aromatic N) is 2. The lowest BCUT2D eigenvalue weighted by molar-refractivity contribution is 0.171. The number of benzene rings is 2. The molecule has 7 nitrogen and oxygen atoms in total. The first-order chi connectivity index (χ1) is 12.6. The van der Waals surface area contributed by atoms with Gasteiger partial charge in [0.2, 0.25) is 0 Å². The molecule has 0 spiro atoms. The van der Waals surface area contributed by atoms with Crippen molar-refractivity contribution in [1.82, 2.24) is 9.78 Å². The number of hydrogen-bond acceptors (Lipinski definition) is 5. The summed E-state index contributed by atoms with van der Waals surface area (Å²) >= 11 is 0. The molecule has 0 unspecified atom stereocenters. The molecule has 2 aromatic carbocycles. The molecule has 0 saturated heterocycles. The molecule has 2 heterocycles. The van der Waals surface area contributed by atoms with E-state index < -0.39 is 10.0 Å². The zero-order valence-electron chi connectivity index (χ0n) is 13.8. The second kappa shape index (κ2) is 6.72. The van der Waals surface area contributed by atoms with Crippen molar-refractivity contribution in [3.8, 4) is 11.5 Å². The number of fused-ring (bicyclic) bond motifs is 1. The molecule has 1 aliphatic heterocycles. The molecular formula is C18H17N3O4S. The van der Waals surface area contributed by atoms with Crippen LogP contribution in [-0.4, -0.2) is 31.4 Å². The van der Waals surface area contributed by atoms with Crippen LogP contribution in [0, 0.1) is 0 Å². The summed E-state index contributed by atoms with van der Waals surface area (Å²) in [5, 5.41) is 4.20. The maximum absolute atomic E-state index is 12.6. The van der Waals surface area contributed by atoms with Gasteiger partial charge < -0.3 is 9.47 Å². The fourth-order valence-electron chi connectivity index (χ4n) is 2.68. The molecule has 26 heavy (non-hydrogen) atoms. The van der Waals surface area contributed by atoms with Crippen molar-refractivity contribution in [3.05, 3.63) is 66.5 Å². The third-order valence-corrected chi connectivity index (χ3v) is 5.28. The van der Waals surface area contributed by atoms with E-state index in [0.717, 1.165) is 5.56 Å². The van der Waals surface area contributed by atoms with Gasteiger partial charge in [-0.25, -0.2) is 8.42 Å². The highest BCUT2D eigenvalue weighted by molar-refractivity contribution is 7.92. The van der Waals surface area contributed by atoms with Crippen LogP contribution in [0.1, 0.15) is 5.56 Å². The van der Waals surface area contributed by atoms with E-state index in [4.69, 9.17) is 9.47 Å². The molecule has 0 aliphatic carbocycles. The quantitative estimate of drug-likeness (QED) is 0.745. The van der Waals surface area contributed by atoms with E-state index in [1.165, 1.54) is 18.3 Å². The standard InChI is InChI=1S/C18H17N3O4S/c22-26(23,16-6-7-17-18(10-16)25-9-8-24-17)20-15-11-19-21(13-15)12-14-4-2-1-3-5-14/h1-7,10-11,13,20H,8-9,12H2. The van der Waals surface area contributed by atoms with Gasteiger partial charge in [0.15, 0.2) is 11.5 Å². The van der Waals surface area contributed by atoms with Crippen molar-refractivity contribution in [1.29, 1.82) is 0 Å². The van der Waals surface area contributed by atoms with E-state index in [1.807, 2.05) is 30.3 Å². The third-order valence-electron chi connectivity index (χ3n) is 3.90. The maximum Gasteiger partial charge on any atom is 0.262 e. The number of sulfonamides is 1. The molecule has 0 bridgehead atoms. The molecule has 0 radical (unpaired) electrons. The van der Waals surface area contributed by atoms with Gasteiger partial charge in [-0.3, -0.25) is 9.40 Å². The van der Waals surface area contributed by atoms with Crippen LogP contribution < -0.4 is 14.2 Å². The molecule has 134 valence electrons. The van der Waals surface area contributed by atoms with Crippen molar-refractivity contribution >= 4 is 15.7 Å². The van der Waals surface area contributed by atoms with Gasteiger partial charge in [-0.1, -0.05) is 30.3 Å². The summed E-state index contributed by atoms with van der Waals surface area (Å²) in [6, 6.07) is 14.4. The summed E-state index contributed by atoms with van der Waals surface area (Å²) in [5.74, 6) is 0.977. The van der Waals surface area contributed by atoms with Crippen molar-refractivity contribution in [2.24, 2.45) is 0 Å². The van der Waals surface area contributed by atoms with Gasteiger partial charge in [-0.15, -0.1) is 0 Å². The molecular weight excluding hydrogens is 354 g/mol. The number of aromatic nitrogens is 2. The predicted molar refractivity (Wildman–Crippen MR) is 96.0 cm³/mol. The minimum Gasteiger partial charge on any atom is -0.486 e. The topological polar surface area (TPSA) is 82.5 Å². The van der Waals surface area contributed by atoms with Gasteiger partial charge in [0, 0.05) is 12.3 Å². The fraction of sp³-hybridized carbons (Fsp3) is 0.167. The highest BCUT2D eigenvalue weighted by Gasteiger charge is 2.20. The second-order valence-electron chi connectivity index (χ2n) is 5.82. The van der Waals surface area contributed by atoms with Crippen LogP contribution in [0.25, 0.3) is 0 Å². The summed E-state index contributed by atoms with van der Waals surface area (Å²) < 4.78 is 40.3. The second-order valence-corrected chi connectivity index (χ2v) is 7.51. The number of nitrogens with one attached hydrogen (secondary N) is 1. The lowest BCUT2D eigenvalue weighted by atomic mass is 10.2. The van der Waals surface area contributed by atoms with Gasteiger partial charge in [0.1, 0.15) is 13.2 Å². The number of ether oxygens (including phenoxy) is 2. The van der Waals surface area contributed by atoms with E-state index in [0.29, 0.717) is 36.9 Å². The van der Waals surface area contributed by atoms with E-state index in [2.05, 4.69) is 9.82 Å². The van der Waals surface area contributed by atoms with Crippen LogP contribution >= 0.6 is 0 Å². The van der Waals surface area contributed by atoms with E-state index in [1.54, 1.807) is 16.9 Å². The smallest absolute Gasteiger partial charge is 0.262 e. The SMILES string of the molecule is O=S(=O)(Nc1cnn(Cc2ccccc2)c1)c1ccc2c(c1)OCCO2. The Bertz CT molecular complexity index is 1020. The van der Waals surface area contributed by atoms with Gasteiger partial charge in [0.05, 0.1) is 23.3 Å². The summed E-state index contributed by atoms with van der Waals surface area (Å²) in [6.45, 7) is 1.42. The monoisotopic (exact) mass is 371 g/mol. The molecule has 3 aromatic rings. The number of anilines is 1. The average molecular weight is 371 g/mol. The molecule has 1 aliphatic rings. The maximum atomic E-state index is 12.6. The minimum atomic E-state index is -3.75. The van der Waals surface area contributed by atoms with Crippen LogP contribution in [0.5, 0.6) is 11.5 Å². The number of rotatable bonds is 5. The molecule has 8 heteroatoms. The Hall–Kier alpha value is -3.00. The summed E-state index contributed by atoms with van der Waals surface area (Å²) in [6.07, 6.45) is 3.14. The van der Waals surface area contributed by atoms with Crippen LogP contribution in [-0.2, 0) is 16.6 Å². The normalized spacial score (nSPS) is 13.4. The predicted octanol–water partition coefficient (Wildman–Crippen LogP) is 2.50. The van der Waals surface area contributed by atoms with Crippen molar-refractivity contribution in [3.63, 3.8) is 0 Å². The summed E-state index contributed by atoms with van der Waals surface area (Å²) in [5.41, 5.74) is 1.48. The molecule has 1 aromatic heterocycles. The summed E-state index contributed by atoms with van der Waals surface area (Å²) in [7, 11) is -3.75. The van der Waals surface area contributed by atoms with Gasteiger partial charge >= 0.3 is 0 Å². The van der Waals surface area contributed by atoms with Gasteiger partial charge in [-0.05, 0) is 17.7 Å². The Morgan fingerprint density at radius 3 is 2.62 bits per heavy atom. The molecule has 4 rings (SSSR count). The fourth-order valence-corrected chi connectivity index (χ4v) is 3.72. The molecule has 0 fully saturated rings. The summed E-state index contributed by atoms with van der Waals surface area (Å²) in [4.78, 5) is 0.109. The van der Waals surface area contributed by atoms with Crippen LogP contribution in [0.4, 0.5) is 5.69 Å². The Morgan fingerprint density at radius 2 is 1.81 bits per heavy atom. The zero-order valence-corrected chi connectivity index (χ0v) is 14.6. The Kier molecular flexibility index (Phi) is 4.26. The van der Waals surface area contributed by atoms with Crippen molar-refractivity contribution in [2.45, 2.75) is 11.4 Å². The van der Waals surface area contributed by atoms with Crippen LogP contribution in [0.3, 0.4) is 0 Å². The Labute approximate surface area is 151 Å². The van der Waals surface area contributed by atoms with E-state index in [-0.39, 0.29) is 4.90 Å². The van der Waals surface area contributed by atoms with Crippen molar-refractivity contribution in [2.75, 3.05) is 17.9 Å². The van der Waals surface area contributed by atoms with E-state index in [9.17, 15) is 8.42 Å². The lowest BCUT2D eigenvalue weighted by Crippen LogP contribution is -2.17.